The molecule has 1 aromatic heterocycles. The zero-order chi connectivity index (χ0) is 19.3. The van der Waals surface area contributed by atoms with E-state index in [1.165, 1.54) is 0 Å². The van der Waals surface area contributed by atoms with Gasteiger partial charge in [0.25, 0.3) is 5.91 Å². The first kappa shape index (κ1) is 17.7. The molecule has 0 saturated heterocycles. The number of methoxy groups -OCH3 is 1. The summed E-state index contributed by atoms with van der Waals surface area (Å²) in [6.45, 7) is 1.06. The van der Waals surface area contributed by atoms with Gasteiger partial charge in [0.15, 0.2) is 0 Å². The number of rotatable bonds is 6. The van der Waals surface area contributed by atoms with Gasteiger partial charge in [0, 0.05) is 12.1 Å². The molecule has 6 heteroatoms. The molecular weight excluding hydrogens is 352 g/mol. The highest BCUT2D eigenvalue weighted by Gasteiger charge is 2.11. The van der Waals surface area contributed by atoms with E-state index in [1.54, 1.807) is 19.2 Å². The van der Waals surface area contributed by atoms with Crippen molar-refractivity contribution in [2.75, 3.05) is 7.11 Å². The quantitative estimate of drug-likeness (QED) is 0.563. The molecule has 4 rings (SSSR count). The molecule has 6 nitrogen and oxygen atoms in total. The fourth-order valence-corrected chi connectivity index (χ4v) is 3.05. The second kappa shape index (κ2) is 7.92. The van der Waals surface area contributed by atoms with Crippen LogP contribution in [0.25, 0.3) is 11.0 Å². The van der Waals surface area contributed by atoms with E-state index in [0.717, 1.165) is 22.4 Å². The molecule has 0 aliphatic rings. The van der Waals surface area contributed by atoms with Crippen LogP contribution in [0.4, 0.5) is 0 Å². The normalized spacial score (nSPS) is 10.8. The van der Waals surface area contributed by atoms with Crippen molar-refractivity contribution < 1.29 is 9.53 Å². The van der Waals surface area contributed by atoms with Gasteiger partial charge in [0.05, 0.1) is 19.2 Å². The van der Waals surface area contributed by atoms with E-state index in [0.29, 0.717) is 24.2 Å². The Bertz CT molecular complexity index is 1110. The fourth-order valence-electron chi connectivity index (χ4n) is 3.05. The molecule has 3 aromatic carbocycles. The molecule has 0 saturated carbocycles. The van der Waals surface area contributed by atoms with Crippen LogP contribution in [0.1, 0.15) is 21.5 Å². The summed E-state index contributed by atoms with van der Waals surface area (Å²) in [6.07, 6.45) is 0. The summed E-state index contributed by atoms with van der Waals surface area (Å²) < 4.78 is 7.05. The maximum Gasteiger partial charge on any atom is 0.251 e. The maximum atomic E-state index is 12.5. The minimum atomic E-state index is -0.151. The fraction of sp³-hybridized carbons (Fsp3) is 0.136. The van der Waals surface area contributed by atoms with Gasteiger partial charge in [-0.05, 0) is 41.5 Å². The molecule has 0 atom stereocenters. The first-order valence-electron chi connectivity index (χ1n) is 9.01. The summed E-state index contributed by atoms with van der Waals surface area (Å²) in [6, 6.07) is 23.2. The average molecular weight is 372 g/mol. The number of amides is 1. The highest BCUT2D eigenvalue weighted by molar-refractivity contribution is 5.97. The molecule has 0 aliphatic carbocycles. The number of aromatic nitrogens is 3. The molecule has 140 valence electrons. The number of nitrogens with one attached hydrogen (secondary N) is 1. The van der Waals surface area contributed by atoms with Crippen LogP contribution in [0, 0.1) is 0 Å². The summed E-state index contributed by atoms with van der Waals surface area (Å²) in [5.41, 5.74) is 4.28. The monoisotopic (exact) mass is 372 g/mol. The summed E-state index contributed by atoms with van der Waals surface area (Å²) in [4.78, 5) is 12.5. The smallest absolute Gasteiger partial charge is 0.251 e. The SMILES string of the molecule is COc1cccc(CNC(=O)c2ccc3c(c2)nnn3Cc2ccccc2)c1. The maximum absolute atomic E-state index is 12.5. The van der Waals surface area contributed by atoms with E-state index in [-0.39, 0.29) is 5.91 Å². The number of nitrogens with zero attached hydrogens (tertiary/aromatic N) is 3. The van der Waals surface area contributed by atoms with Crippen molar-refractivity contribution in [3.05, 3.63) is 89.5 Å². The van der Waals surface area contributed by atoms with Crippen molar-refractivity contribution in [3.63, 3.8) is 0 Å². The molecule has 1 heterocycles. The average Bonchev–Trinajstić information content (AvgIpc) is 3.15. The third-order valence-corrected chi connectivity index (χ3v) is 4.54. The van der Waals surface area contributed by atoms with Gasteiger partial charge in [-0.3, -0.25) is 4.79 Å². The van der Waals surface area contributed by atoms with Gasteiger partial charge in [-0.25, -0.2) is 4.68 Å². The zero-order valence-corrected chi connectivity index (χ0v) is 15.5. The number of fused-ring (bicyclic) bond motifs is 1. The van der Waals surface area contributed by atoms with E-state index >= 15 is 0 Å². The molecule has 0 spiro atoms. The van der Waals surface area contributed by atoms with Crippen molar-refractivity contribution in [3.8, 4) is 5.75 Å². The Morgan fingerprint density at radius 2 is 1.82 bits per heavy atom. The van der Waals surface area contributed by atoms with Gasteiger partial charge in [-0.15, -0.1) is 5.10 Å². The molecule has 0 fully saturated rings. The van der Waals surface area contributed by atoms with E-state index in [9.17, 15) is 4.79 Å². The molecule has 1 amide bonds. The van der Waals surface area contributed by atoms with Gasteiger partial charge in [-0.2, -0.15) is 0 Å². The Morgan fingerprint density at radius 3 is 2.64 bits per heavy atom. The molecule has 4 aromatic rings. The van der Waals surface area contributed by atoms with Gasteiger partial charge in [0.2, 0.25) is 0 Å². The van der Waals surface area contributed by atoms with Crippen molar-refractivity contribution in [2.45, 2.75) is 13.1 Å². The Kier molecular flexibility index (Phi) is 5.01. The van der Waals surface area contributed by atoms with Crippen molar-refractivity contribution in [2.24, 2.45) is 0 Å². The molecular formula is C22H20N4O2. The van der Waals surface area contributed by atoms with Crippen LogP contribution in [0.15, 0.2) is 72.8 Å². The van der Waals surface area contributed by atoms with Crippen molar-refractivity contribution in [1.82, 2.24) is 20.3 Å². The van der Waals surface area contributed by atoms with E-state index in [2.05, 4.69) is 15.6 Å². The van der Waals surface area contributed by atoms with Crippen LogP contribution in [0.5, 0.6) is 5.75 Å². The van der Waals surface area contributed by atoms with Crippen LogP contribution in [0.2, 0.25) is 0 Å². The number of hydrogen-bond donors (Lipinski definition) is 1. The number of ether oxygens (including phenoxy) is 1. The standard InChI is InChI=1S/C22H20N4O2/c1-28-19-9-5-8-17(12-19)14-23-22(27)18-10-11-21-20(13-18)24-25-26(21)15-16-6-3-2-4-7-16/h2-13H,14-15H2,1H3,(H,23,27). The predicted molar refractivity (Wildman–Crippen MR) is 107 cm³/mol. The van der Waals surface area contributed by atoms with Crippen molar-refractivity contribution in [1.29, 1.82) is 0 Å². The van der Waals surface area contributed by atoms with Crippen LogP contribution in [0.3, 0.4) is 0 Å². The molecule has 0 bridgehead atoms. The summed E-state index contributed by atoms with van der Waals surface area (Å²) in [5, 5.41) is 11.4. The summed E-state index contributed by atoms with van der Waals surface area (Å²) >= 11 is 0. The lowest BCUT2D eigenvalue weighted by molar-refractivity contribution is 0.0951. The highest BCUT2D eigenvalue weighted by atomic mass is 16.5. The highest BCUT2D eigenvalue weighted by Crippen LogP contribution is 2.16. The first-order valence-corrected chi connectivity index (χ1v) is 9.01. The first-order chi connectivity index (χ1) is 13.7. The Labute approximate surface area is 162 Å². The lowest BCUT2D eigenvalue weighted by atomic mass is 10.1. The van der Waals surface area contributed by atoms with Gasteiger partial charge < -0.3 is 10.1 Å². The molecule has 1 N–H and O–H groups in total. The Balaban J connectivity index is 1.47. The second-order valence-corrected chi connectivity index (χ2v) is 6.47. The van der Waals surface area contributed by atoms with E-state index in [4.69, 9.17) is 4.74 Å². The third kappa shape index (κ3) is 3.86. The molecule has 28 heavy (non-hydrogen) atoms. The second-order valence-electron chi connectivity index (χ2n) is 6.47. The van der Waals surface area contributed by atoms with E-state index < -0.39 is 0 Å². The van der Waals surface area contributed by atoms with Crippen LogP contribution in [-0.4, -0.2) is 28.0 Å². The van der Waals surface area contributed by atoms with Gasteiger partial charge in [0.1, 0.15) is 11.3 Å². The van der Waals surface area contributed by atoms with Crippen LogP contribution < -0.4 is 10.1 Å². The zero-order valence-electron chi connectivity index (χ0n) is 15.5. The molecule has 0 unspecified atom stereocenters. The Hall–Kier alpha value is -3.67. The largest absolute Gasteiger partial charge is 0.497 e. The molecule has 0 radical (unpaired) electrons. The summed E-state index contributed by atoms with van der Waals surface area (Å²) in [5.74, 6) is 0.616. The number of benzene rings is 3. The molecule has 0 aliphatic heterocycles. The van der Waals surface area contributed by atoms with Gasteiger partial charge >= 0.3 is 0 Å². The lowest BCUT2D eigenvalue weighted by Crippen LogP contribution is -2.22. The number of carbonyl (C=O) groups is 1. The number of hydrogen-bond acceptors (Lipinski definition) is 4. The Morgan fingerprint density at radius 1 is 1.00 bits per heavy atom. The topological polar surface area (TPSA) is 69.0 Å². The number of carbonyl (C=O) groups excluding carboxylic acids is 1. The van der Waals surface area contributed by atoms with Crippen LogP contribution in [-0.2, 0) is 13.1 Å². The third-order valence-electron chi connectivity index (χ3n) is 4.54. The predicted octanol–water partition coefficient (Wildman–Crippen LogP) is 3.42. The van der Waals surface area contributed by atoms with E-state index in [1.807, 2.05) is 65.3 Å². The lowest BCUT2D eigenvalue weighted by Gasteiger charge is -2.07. The minimum absolute atomic E-state index is 0.151. The minimum Gasteiger partial charge on any atom is -0.497 e. The van der Waals surface area contributed by atoms with Gasteiger partial charge in [-0.1, -0.05) is 47.7 Å². The summed E-state index contributed by atoms with van der Waals surface area (Å²) in [7, 11) is 1.62. The van der Waals surface area contributed by atoms with Crippen LogP contribution >= 0.6 is 0 Å². The van der Waals surface area contributed by atoms with Crippen molar-refractivity contribution >= 4 is 16.9 Å².